The van der Waals surface area contributed by atoms with E-state index in [0.717, 1.165) is 11.0 Å². The van der Waals surface area contributed by atoms with Crippen LogP contribution < -0.4 is 48.3 Å². The van der Waals surface area contributed by atoms with Gasteiger partial charge in [0.1, 0.15) is 48.4 Å². The summed E-state index contributed by atoms with van der Waals surface area (Å²) in [5.74, 6) is -12.0. The molecule has 1 heterocycles. The number of hydrogen-bond donors (Lipinski definition) is 10. The molecular formula is C55H78N10O13. The molecule has 1 saturated heterocycles. The lowest BCUT2D eigenvalue weighted by molar-refractivity contribution is -0.156. The number of esters is 1. The number of rotatable bonds is 14. The average molecular weight is 1090 g/mol. The molecule has 2 aromatic carbocycles. The van der Waals surface area contributed by atoms with Gasteiger partial charge in [0.25, 0.3) is 0 Å². The number of aliphatic hydroxyl groups is 1. The monoisotopic (exact) mass is 1090 g/mol. The van der Waals surface area contributed by atoms with Crippen molar-refractivity contribution in [2.24, 2.45) is 29.4 Å². The Bertz CT molecular complexity index is 2510. The first-order chi connectivity index (χ1) is 36.7. The fourth-order valence-electron chi connectivity index (χ4n) is 8.16. The molecular weight excluding hydrogens is 1010 g/mol. The quantitative estimate of drug-likeness (QED) is 0.0864. The van der Waals surface area contributed by atoms with E-state index in [2.05, 4.69) is 42.5 Å². The molecule has 10 amide bonds. The van der Waals surface area contributed by atoms with Gasteiger partial charge in [-0.2, -0.15) is 0 Å². The molecule has 23 nitrogen and oxygen atoms in total. The third-order valence-electron chi connectivity index (χ3n) is 12.5. The fourth-order valence-corrected chi connectivity index (χ4v) is 8.16. The number of primary amides is 1. The van der Waals surface area contributed by atoms with Crippen LogP contribution in [0.25, 0.3) is 12.2 Å². The molecule has 0 spiro atoms. The number of hydrogen-bond acceptors (Lipinski definition) is 13. The van der Waals surface area contributed by atoms with E-state index in [4.69, 9.17) is 10.5 Å². The summed E-state index contributed by atoms with van der Waals surface area (Å²) in [7, 11) is 1.33. The maximum absolute atomic E-state index is 14.6. The molecule has 78 heavy (non-hydrogen) atoms. The van der Waals surface area contributed by atoms with Gasteiger partial charge in [-0.1, -0.05) is 122 Å². The molecule has 23 heteroatoms. The van der Waals surface area contributed by atoms with Gasteiger partial charge in [-0.3, -0.25) is 47.9 Å². The van der Waals surface area contributed by atoms with Crippen LogP contribution in [0.15, 0.2) is 66.7 Å². The van der Waals surface area contributed by atoms with E-state index in [1.54, 1.807) is 116 Å². The van der Waals surface area contributed by atoms with Crippen LogP contribution in [0.2, 0.25) is 0 Å². The van der Waals surface area contributed by atoms with E-state index in [9.17, 15) is 57.8 Å². The third-order valence-corrected chi connectivity index (χ3v) is 12.5. The van der Waals surface area contributed by atoms with Crippen LogP contribution in [-0.2, 0) is 63.9 Å². The van der Waals surface area contributed by atoms with Crippen LogP contribution in [0, 0.1) is 23.7 Å². The first kappa shape index (κ1) is 64.3. The number of aliphatic hydroxyl groups excluding tert-OH is 1. The number of nitrogens with zero attached hydrogens (tertiary/aromatic N) is 1. The van der Waals surface area contributed by atoms with E-state index in [1.807, 2.05) is 0 Å². The predicted molar refractivity (Wildman–Crippen MR) is 289 cm³/mol. The van der Waals surface area contributed by atoms with E-state index >= 15 is 0 Å². The van der Waals surface area contributed by atoms with E-state index in [1.165, 1.54) is 26.1 Å². The molecule has 0 radical (unpaired) electrons. The third kappa shape index (κ3) is 20.5. The van der Waals surface area contributed by atoms with E-state index < -0.39 is 151 Å². The molecule has 0 unspecified atom stereocenters. The molecule has 8 atom stereocenters. The fraction of sp³-hybridized carbons (Fsp3) is 0.509. The largest absolute Gasteiger partial charge is 0.458 e. The Morgan fingerprint density at radius 2 is 1.23 bits per heavy atom. The Morgan fingerprint density at radius 1 is 0.679 bits per heavy atom. The topological polar surface area (TPSA) is 343 Å². The summed E-state index contributed by atoms with van der Waals surface area (Å²) in [6, 6.07) is 5.27. The summed E-state index contributed by atoms with van der Waals surface area (Å²) >= 11 is 0. The van der Waals surface area contributed by atoms with Crippen LogP contribution in [-0.4, -0.2) is 150 Å². The molecule has 3 rings (SSSR count). The van der Waals surface area contributed by atoms with E-state index in [0.29, 0.717) is 16.7 Å². The van der Waals surface area contributed by atoms with Gasteiger partial charge in [0, 0.05) is 19.5 Å². The minimum Gasteiger partial charge on any atom is -0.458 e. The lowest BCUT2D eigenvalue weighted by Gasteiger charge is -2.34. The Balaban J connectivity index is 2.20. The second-order valence-electron chi connectivity index (χ2n) is 20.5. The molecule has 1 aliphatic heterocycles. The van der Waals surface area contributed by atoms with Gasteiger partial charge in [-0.25, -0.2) is 4.79 Å². The van der Waals surface area contributed by atoms with Crippen LogP contribution >= 0.6 is 0 Å². The summed E-state index contributed by atoms with van der Waals surface area (Å²) in [5, 5.41) is 29.6. The lowest BCUT2D eigenvalue weighted by atomic mass is 9.97. The SMILES string of the molecule is CC(C)C[C@@H]1NC(=O)[C@@H](C(C)C)NC(=O)CNC(=O)CNC(=O)[C@@H](C(C)C)NC(=O)[C@H](Cc2ccccc2)N(C)C(=O)[C@H](C(C)C)NC(=O)[C@@H](CC(N)=O)NC(=O)[C@H](NC(=O)/C=C/c2ccccc2/C=C/CO)[C@@H](C)OC1=O. The average Bonchev–Trinajstić information content (AvgIpc) is 3.38. The molecule has 0 aromatic heterocycles. The van der Waals surface area contributed by atoms with Gasteiger partial charge < -0.3 is 63.0 Å². The Morgan fingerprint density at radius 3 is 1.81 bits per heavy atom. The number of carbonyl (C=O) groups excluding carboxylic acids is 11. The smallest absolute Gasteiger partial charge is 0.328 e. The summed E-state index contributed by atoms with van der Waals surface area (Å²) in [4.78, 5) is 153. The second-order valence-corrected chi connectivity index (χ2v) is 20.5. The minimum absolute atomic E-state index is 0.00589. The maximum Gasteiger partial charge on any atom is 0.328 e. The number of benzene rings is 2. The number of nitrogens with two attached hydrogens (primary N) is 1. The summed E-state index contributed by atoms with van der Waals surface area (Å²) < 4.78 is 5.81. The zero-order valence-corrected chi connectivity index (χ0v) is 46.0. The highest BCUT2D eigenvalue weighted by Gasteiger charge is 2.40. The van der Waals surface area contributed by atoms with E-state index in [-0.39, 0.29) is 25.4 Å². The van der Waals surface area contributed by atoms with Gasteiger partial charge >= 0.3 is 5.97 Å². The number of carbonyl (C=O) groups is 11. The van der Waals surface area contributed by atoms with Crippen molar-refractivity contribution in [3.63, 3.8) is 0 Å². The summed E-state index contributed by atoms with van der Waals surface area (Å²) in [6.45, 7) is 13.0. The molecule has 426 valence electrons. The molecule has 1 fully saturated rings. The Labute approximate surface area is 455 Å². The summed E-state index contributed by atoms with van der Waals surface area (Å²) in [5.41, 5.74) is 7.40. The highest BCUT2D eigenvalue weighted by molar-refractivity contribution is 6.00. The number of likely N-dealkylation sites (N-methyl/N-ethyl adjacent to an activating group) is 1. The van der Waals surface area contributed by atoms with Crippen molar-refractivity contribution in [1.29, 1.82) is 0 Å². The normalized spacial score (nSPS) is 23.7. The lowest BCUT2D eigenvalue weighted by Crippen LogP contribution is -2.62. The predicted octanol–water partition coefficient (Wildman–Crippen LogP) is -0.249. The van der Waals surface area contributed by atoms with Crippen molar-refractivity contribution >= 4 is 77.2 Å². The van der Waals surface area contributed by atoms with Gasteiger partial charge in [0.2, 0.25) is 59.1 Å². The molecule has 1 aliphatic rings. The van der Waals surface area contributed by atoms with Gasteiger partial charge in [0.15, 0.2) is 0 Å². The van der Waals surface area contributed by atoms with Gasteiger partial charge in [0.05, 0.1) is 26.1 Å². The molecule has 0 bridgehead atoms. The van der Waals surface area contributed by atoms with Crippen molar-refractivity contribution in [3.8, 4) is 0 Å². The zero-order valence-electron chi connectivity index (χ0n) is 46.0. The van der Waals surface area contributed by atoms with Gasteiger partial charge in [-0.15, -0.1) is 0 Å². The van der Waals surface area contributed by atoms with Crippen LogP contribution in [0.1, 0.15) is 91.8 Å². The number of amides is 10. The molecule has 0 saturated carbocycles. The van der Waals surface area contributed by atoms with Crippen molar-refractivity contribution in [3.05, 3.63) is 83.4 Å². The van der Waals surface area contributed by atoms with Gasteiger partial charge in [-0.05, 0) is 59.8 Å². The molecule has 0 aliphatic carbocycles. The Hall–Kier alpha value is -7.95. The first-order valence-electron chi connectivity index (χ1n) is 25.9. The highest BCUT2D eigenvalue weighted by Crippen LogP contribution is 2.17. The van der Waals surface area contributed by atoms with Crippen molar-refractivity contribution in [2.75, 3.05) is 26.7 Å². The molecule has 2 aromatic rings. The van der Waals surface area contributed by atoms with Crippen molar-refractivity contribution in [2.45, 2.75) is 130 Å². The second kappa shape index (κ2) is 31.3. The van der Waals surface area contributed by atoms with Crippen LogP contribution in [0.4, 0.5) is 0 Å². The van der Waals surface area contributed by atoms with Crippen LogP contribution in [0.5, 0.6) is 0 Å². The van der Waals surface area contributed by atoms with Crippen molar-refractivity contribution in [1.82, 2.24) is 47.4 Å². The Kier molecular flexibility index (Phi) is 25.8. The molecule has 11 N–H and O–H groups in total. The first-order valence-corrected chi connectivity index (χ1v) is 25.9. The number of cyclic esters (lactones) is 1. The van der Waals surface area contributed by atoms with Crippen molar-refractivity contribution < 1.29 is 62.6 Å². The minimum atomic E-state index is -1.82. The zero-order chi connectivity index (χ0) is 58.4. The number of ether oxygens (including phenoxy) is 1. The van der Waals surface area contributed by atoms with Crippen LogP contribution in [0.3, 0.4) is 0 Å². The standard InChI is InChI=1S/C55H78N10O13/c1-30(2)25-39-55(77)78-34(9)48(61-42(68)23-22-37-20-15-14-19-36(37)21-16-24-66)53(75)59-38(27-41(56)67)49(71)64-47(33(7)8)54(76)65(10)40(26-35-17-12-11-13-18-35)50(72)63-45(31(3)4)51(73)58-28-43(69)57-29-44(70)62-46(32(5)6)52(74)60-39/h11-23,30-34,38-40,45-48,66H,24-29H2,1-10H3,(H2,56,67)(H,57,69)(H,58,73)(H,59,75)(H,60,74)(H,61,68)(H,62,70)(H,63,72)(H,64,71)/b21-16+,23-22+/t34-,38-,39+,40+,45-,46-,47+,48-/m1/s1. The maximum atomic E-state index is 14.6. The highest BCUT2D eigenvalue weighted by atomic mass is 16.5. The number of nitrogens with one attached hydrogen (secondary N) is 8. The summed E-state index contributed by atoms with van der Waals surface area (Å²) in [6.07, 6.45) is 3.17.